The van der Waals surface area contributed by atoms with Gasteiger partial charge in [0.05, 0.1) is 12.5 Å². The average Bonchev–Trinajstić information content (AvgIpc) is 2.28. The van der Waals surface area contributed by atoms with Crippen LogP contribution in [0.5, 0.6) is 0 Å². The van der Waals surface area contributed by atoms with Gasteiger partial charge in [-0.05, 0) is 13.8 Å². The molecule has 0 unspecified atom stereocenters. The van der Waals surface area contributed by atoms with Gasteiger partial charge in [-0.1, -0.05) is 11.6 Å². The van der Waals surface area contributed by atoms with Gasteiger partial charge >= 0.3 is 0 Å². The molecule has 0 atom stereocenters. The molecule has 0 spiro atoms. The number of nitrogens with zero attached hydrogens (tertiary/aromatic N) is 4. The molecule has 1 aromatic rings. The van der Waals surface area contributed by atoms with Crippen molar-refractivity contribution in [3.63, 3.8) is 0 Å². The van der Waals surface area contributed by atoms with E-state index in [1.807, 2.05) is 18.7 Å². The Bertz CT molecular complexity index is 431. The highest BCUT2D eigenvalue weighted by Gasteiger charge is 2.14. The summed E-state index contributed by atoms with van der Waals surface area (Å²) >= 11 is 5.97. The maximum absolute atomic E-state index is 8.68. The number of hydrogen-bond acceptors (Lipinski definition) is 5. The normalized spacial score (nSPS) is 10.4. The molecule has 0 saturated heterocycles. The van der Waals surface area contributed by atoms with Crippen LogP contribution in [0.15, 0.2) is 6.07 Å². The van der Waals surface area contributed by atoms with Crippen molar-refractivity contribution in [2.45, 2.75) is 32.9 Å². The molecule has 0 fully saturated rings. The predicted molar refractivity (Wildman–Crippen MR) is 70.5 cm³/mol. The van der Waals surface area contributed by atoms with E-state index in [2.05, 4.69) is 16.0 Å². The highest BCUT2D eigenvalue weighted by atomic mass is 35.5. The zero-order valence-corrected chi connectivity index (χ0v) is 11.6. The highest BCUT2D eigenvalue weighted by Crippen LogP contribution is 2.19. The Balaban J connectivity index is 3.00. The lowest BCUT2D eigenvalue weighted by atomic mass is 10.3. The molecule has 1 aromatic heterocycles. The van der Waals surface area contributed by atoms with E-state index in [1.165, 1.54) is 0 Å². The summed E-state index contributed by atoms with van der Waals surface area (Å²) in [5, 5.41) is 9.07. The lowest BCUT2D eigenvalue weighted by Crippen LogP contribution is -2.32. The van der Waals surface area contributed by atoms with Crippen LogP contribution in [0.25, 0.3) is 0 Å². The molecule has 6 heteroatoms. The van der Waals surface area contributed by atoms with Crippen LogP contribution >= 0.6 is 11.6 Å². The molecule has 0 aromatic carbocycles. The van der Waals surface area contributed by atoms with Crippen LogP contribution in [0.1, 0.15) is 26.1 Å². The molecule has 18 heavy (non-hydrogen) atoms. The van der Waals surface area contributed by atoms with Crippen molar-refractivity contribution in [3.05, 3.63) is 17.0 Å². The third kappa shape index (κ3) is 4.13. The van der Waals surface area contributed by atoms with Gasteiger partial charge in [0.15, 0.2) is 5.82 Å². The van der Waals surface area contributed by atoms with Gasteiger partial charge in [-0.3, -0.25) is 0 Å². The highest BCUT2D eigenvalue weighted by molar-refractivity contribution is 6.29. The Labute approximate surface area is 112 Å². The lowest BCUT2D eigenvalue weighted by molar-refractivity contribution is 0.178. The molecule has 98 valence electrons. The number of hydrogen-bond donors (Lipinski definition) is 0. The quantitative estimate of drug-likeness (QED) is 0.742. The molecule has 0 bridgehead atoms. The van der Waals surface area contributed by atoms with Crippen LogP contribution in [0, 0.1) is 11.3 Å². The molecule has 0 saturated carbocycles. The van der Waals surface area contributed by atoms with E-state index in [4.69, 9.17) is 21.6 Å². The zero-order chi connectivity index (χ0) is 13.5. The van der Waals surface area contributed by atoms with E-state index < -0.39 is 0 Å². The van der Waals surface area contributed by atoms with Gasteiger partial charge in [0.25, 0.3) is 0 Å². The molecule has 5 nitrogen and oxygen atoms in total. The molecule has 1 rings (SSSR count). The Morgan fingerprint density at radius 3 is 2.78 bits per heavy atom. The number of halogens is 1. The van der Waals surface area contributed by atoms with E-state index in [1.54, 1.807) is 13.2 Å². The van der Waals surface area contributed by atoms with Crippen LogP contribution in [-0.2, 0) is 11.3 Å². The van der Waals surface area contributed by atoms with Crippen molar-refractivity contribution >= 4 is 17.4 Å². The Morgan fingerprint density at radius 2 is 2.22 bits per heavy atom. The van der Waals surface area contributed by atoms with Crippen LogP contribution in [0.2, 0.25) is 5.15 Å². The number of ether oxygens (including phenoxy) is 1. The smallest absolute Gasteiger partial charge is 0.158 e. The lowest BCUT2D eigenvalue weighted by Gasteiger charge is -2.27. The van der Waals surface area contributed by atoms with Crippen LogP contribution < -0.4 is 4.90 Å². The first-order chi connectivity index (χ1) is 8.58. The van der Waals surface area contributed by atoms with E-state index >= 15 is 0 Å². The van der Waals surface area contributed by atoms with Crippen LogP contribution in [0.3, 0.4) is 0 Å². The number of methoxy groups -OCH3 is 1. The van der Waals surface area contributed by atoms with Gasteiger partial charge in [-0.25, -0.2) is 9.97 Å². The summed E-state index contributed by atoms with van der Waals surface area (Å²) in [7, 11) is 1.58. The van der Waals surface area contributed by atoms with E-state index in [0.29, 0.717) is 30.5 Å². The van der Waals surface area contributed by atoms with Crippen LogP contribution in [-0.4, -0.2) is 29.7 Å². The molecule has 0 radical (unpaired) electrons. The summed E-state index contributed by atoms with van der Waals surface area (Å²) in [4.78, 5) is 10.5. The van der Waals surface area contributed by atoms with E-state index in [-0.39, 0.29) is 6.04 Å². The van der Waals surface area contributed by atoms with Gasteiger partial charge in [-0.2, -0.15) is 5.26 Å². The van der Waals surface area contributed by atoms with Gasteiger partial charge in [0, 0.05) is 25.8 Å². The Kier molecular flexibility index (Phi) is 5.83. The summed E-state index contributed by atoms with van der Waals surface area (Å²) < 4.78 is 5.00. The minimum Gasteiger partial charge on any atom is -0.377 e. The third-order valence-electron chi connectivity index (χ3n) is 2.38. The first-order valence-electron chi connectivity index (χ1n) is 5.74. The molecule has 0 N–H and O–H groups in total. The predicted octanol–water partition coefficient (Wildman–Crippen LogP) is 2.40. The second-order valence-electron chi connectivity index (χ2n) is 4.09. The molecule has 0 aliphatic carbocycles. The second-order valence-corrected chi connectivity index (χ2v) is 4.48. The number of rotatable bonds is 6. The van der Waals surface area contributed by atoms with E-state index in [0.717, 1.165) is 5.82 Å². The second kappa shape index (κ2) is 7.14. The standard InChI is InChI=1S/C12H17ClN4O/c1-9(2)17(6-4-5-14)12-7-10(13)15-11(16-12)8-18-3/h7,9H,4,6,8H2,1-3H3. The monoisotopic (exact) mass is 268 g/mol. The average molecular weight is 269 g/mol. The fraction of sp³-hybridized carbons (Fsp3) is 0.583. The van der Waals surface area contributed by atoms with Gasteiger partial charge < -0.3 is 9.64 Å². The number of aromatic nitrogens is 2. The summed E-state index contributed by atoms with van der Waals surface area (Å²) in [5.41, 5.74) is 0. The van der Waals surface area contributed by atoms with Crippen molar-refractivity contribution in [2.24, 2.45) is 0 Å². The minimum absolute atomic E-state index is 0.236. The minimum atomic E-state index is 0.236. The zero-order valence-electron chi connectivity index (χ0n) is 10.9. The van der Waals surface area contributed by atoms with Crippen molar-refractivity contribution in [3.8, 4) is 6.07 Å². The first kappa shape index (κ1) is 14.7. The Morgan fingerprint density at radius 1 is 1.50 bits per heavy atom. The van der Waals surface area contributed by atoms with Crippen molar-refractivity contribution < 1.29 is 4.74 Å². The van der Waals surface area contributed by atoms with E-state index in [9.17, 15) is 0 Å². The van der Waals surface area contributed by atoms with Gasteiger partial charge in [0.2, 0.25) is 0 Å². The maximum atomic E-state index is 8.68. The van der Waals surface area contributed by atoms with Crippen LogP contribution in [0.4, 0.5) is 5.82 Å². The maximum Gasteiger partial charge on any atom is 0.158 e. The van der Waals surface area contributed by atoms with Crippen molar-refractivity contribution in [2.75, 3.05) is 18.6 Å². The molecular weight excluding hydrogens is 252 g/mol. The topological polar surface area (TPSA) is 62.0 Å². The van der Waals surface area contributed by atoms with Crippen molar-refractivity contribution in [1.29, 1.82) is 5.26 Å². The summed E-state index contributed by atoms with van der Waals surface area (Å²) in [5.74, 6) is 1.27. The van der Waals surface area contributed by atoms with Gasteiger partial charge in [0.1, 0.15) is 17.6 Å². The fourth-order valence-electron chi connectivity index (χ4n) is 1.60. The summed E-state index contributed by atoms with van der Waals surface area (Å²) in [6, 6.07) is 4.08. The molecule has 0 aliphatic rings. The third-order valence-corrected chi connectivity index (χ3v) is 2.58. The molecule has 1 heterocycles. The first-order valence-corrected chi connectivity index (χ1v) is 6.12. The SMILES string of the molecule is COCc1nc(Cl)cc(N(CCC#N)C(C)C)n1. The summed E-state index contributed by atoms with van der Waals surface area (Å²) in [6.45, 7) is 5.03. The largest absolute Gasteiger partial charge is 0.377 e. The fourth-order valence-corrected chi connectivity index (χ4v) is 1.80. The molecule has 0 amide bonds. The number of anilines is 1. The molecule has 0 aliphatic heterocycles. The molecular formula is C12H17ClN4O. The summed E-state index contributed by atoms with van der Waals surface area (Å²) in [6.07, 6.45) is 0.444. The Hall–Kier alpha value is -1.38. The van der Waals surface area contributed by atoms with Crippen molar-refractivity contribution in [1.82, 2.24) is 9.97 Å². The van der Waals surface area contributed by atoms with Gasteiger partial charge in [-0.15, -0.1) is 0 Å². The number of nitriles is 1.